The fourth-order valence-corrected chi connectivity index (χ4v) is 3.46. The van der Waals surface area contributed by atoms with Gasteiger partial charge in [0, 0.05) is 46.1 Å². The van der Waals surface area contributed by atoms with Crippen molar-refractivity contribution in [3.63, 3.8) is 0 Å². The summed E-state index contributed by atoms with van der Waals surface area (Å²) in [5.41, 5.74) is 1.76. The monoisotopic (exact) mass is 349 g/mol. The largest absolute Gasteiger partial charge is 0.366 e. The molecular formula is C17H20ClN3O3. The van der Waals surface area contributed by atoms with Crippen LogP contribution >= 0.6 is 11.6 Å². The standard InChI is InChI=1S/C17H20ClN3O3/c1-12(22)19-6-8-20(9-7-19)14-4-2-3-5-15(14)21-11-13(17(18)24)10-16(21)23/h2-5,13H,6-11H2,1H3/t13-/m0/s1. The normalized spacial score (nSPS) is 21.3. The highest BCUT2D eigenvalue weighted by Crippen LogP contribution is 2.34. The van der Waals surface area contributed by atoms with E-state index in [4.69, 9.17) is 11.6 Å². The van der Waals surface area contributed by atoms with Crippen LogP contribution in [0.4, 0.5) is 11.4 Å². The number of halogens is 1. The number of para-hydroxylation sites is 2. The molecule has 2 saturated heterocycles. The third kappa shape index (κ3) is 3.24. The van der Waals surface area contributed by atoms with Gasteiger partial charge in [0.1, 0.15) is 0 Å². The molecule has 0 radical (unpaired) electrons. The van der Waals surface area contributed by atoms with E-state index >= 15 is 0 Å². The second-order valence-corrected chi connectivity index (χ2v) is 6.56. The molecule has 0 bridgehead atoms. The third-order valence-electron chi connectivity index (χ3n) is 4.68. The second kappa shape index (κ2) is 6.81. The number of piperazine rings is 1. The van der Waals surface area contributed by atoms with Crippen molar-refractivity contribution in [1.82, 2.24) is 4.90 Å². The molecule has 0 aliphatic carbocycles. The highest BCUT2D eigenvalue weighted by Gasteiger charge is 2.36. The van der Waals surface area contributed by atoms with Crippen LogP contribution in [0.3, 0.4) is 0 Å². The van der Waals surface area contributed by atoms with Gasteiger partial charge in [-0.2, -0.15) is 0 Å². The molecule has 1 aromatic rings. The summed E-state index contributed by atoms with van der Waals surface area (Å²) in [4.78, 5) is 40.8. The fraction of sp³-hybridized carbons (Fsp3) is 0.471. The zero-order valence-corrected chi connectivity index (χ0v) is 14.3. The van der Waals surface area contributed by atoms with Gasteiger partial charge in [-0.05, 0) is 23.7 Å². The van der Waals surface area contributed by atoms with E-state index in [0.29, 0.717) is 19.6 Å². The van der Waals surface area contributed by atoms with Crippen molar-refractivity contribution in [1.29, 1.82) is 0 Å². The Balaban J connectivity index is 1.81. The first kappa shape index (κ1) is 16.8. The number of anilines is 2. The van der Waals surface area contributed by atoms with Crippen molar-refractivity contribution in [3.05, 3.63) is 24.3 Å². The van der Waals surface area contributed by atoms with Crippen LogP contribution in [-0.2, 0) is 14.4 Å². The molecule has 2 amide bonds. The quantitative estimate of drug-likeness (QED) is 0.775. The fourth-order valence-electron chi connectivity index (χ4n) is 3.31. The van der Waals surface area contributed by atoms with E-state index in [9.17, 15) is 14.4 Å². The maximum absolute atomic E-state index is 12.3. The predicted octanol–water partition coefficient (Wildman–Crippen LogP) is 1.47. The Bertz CT molecular complexity index is 671. The minimum absolute atomic E-state index is 0.0798. The lowest BCUT2D eigenvalue weighted by Crippen LogP contribution is -2.48. The summed E-state index contributed by atoms with van der Waals surface area (Å²) in [6.45, 7) is 4.68. The Morgan fingerprint density at radius 2 is 1.71 bits per heavy atom. The van der Waals surface area contributed by atoms with Crippen LogP contribution in [0.25, 0.3) is 0 Å². The minimum atomic E-state index is -0.460. The van der Waals surface area contributed by atoms with Crippen molar-refractivity contribution >= 4 is 40.0 Å². The summed E-state index contributed by atoms with van der Waals surface area (Å²) in [5.74, 6) is -0.438. The van der Waals surface area contributed by atoms with Crippen molar-refractivity contribution in [2.45, 2.75) is 13.3 Å². The van der Waals surface area contributed by atoms with Crippen LogP contribution in [0.15, 0.2) is 24.3 Å². The van der Waals surface area contributed by atoms with Crippen LogP contribution in [0.2, 0.25) is 0 Å². The van der Waals surface area contributed by atoms with E-state index in [0.717, 1.165) is 24.5 Å². The van der Waals surface area contributed by atoms with E-state index in [1.54, 1.807) is 11.8 Å². The van der Waals surface area contributed by atoms with Gasteiger partial charge in [-0.15, -0.1) is 0 Å². The molecular weight excluding hydrogens is 330 g/mol. The molecule has 0 N–H and O–H groups in total. The summed E-state index contributed by atoms with van der Waals surface area (Å²) in [6, 6.07) is 7.68. The number of hydrogen-bond acceptors (Lipinski definition) is 4. The number of rotatable bonds is 3. The molecule has 1 atom stereocenters. The maximum Gasteiger partial charge on any atom is 0.227 e. The highest BCUT2D eigenvalue weighted by atomic mass is 35.5. The van der Waals surface area contributed by atoms with Crippen LogP contribution < -0.4 is 9.80 Å². The first-order chi connectivity index (χ1) is 11.5. The molecule has 0 aromatic heterocycles. The summed E-state index contributed by atoms with van der Waals surface area (Å²) in [5, 5.41) is -0.460. The Hall–Kier alpha value is -2.08. The SMILES string of the molecule is CC(=O)N1CCN(c2ccccc2N2C[C@@H](C(=O)Cl)CC2=O)CC1. The highest BCUT2D eigenvalue weighted by molar-refractivity contribution is 6.64. The minimum Gasteiger partial charge on any atom is -0.366 e. The lowest BCUT2D eigenvalue weighted by atomic mass is 10.1. The van der Waals surface area contributed by atoms with E-state index in [2.05, 4.69) is 4.90 Å². The van der Waals surface area contributed by atoms with Gasteiger partial charge < -0.3 is 14.7 Å². The maximum atomic E-state index is 12.3. The lowest BCUT2D eigenvalue weighted by Gasteiger charge is -2.37. The lowest BCUT2D eigenvalue weighted by molar-refractivity contribution is -0.129. The van der Waals surface area contributed by atoms with Gasteiger partial charge in [0.2, 0.25) is 17.1 Å². The molecule has 1 aromatic carbocycles. The molecule has 2 aliphatic heterocycles. The Labute approximate surface area is 146 Å². The molecule has 128 valence electrons. The summed E-state index contributed by atoms with van der Waals surface area (Å²) >= 11 is 5.57. The average Bonchev–Trinajstić information content (AvgIpc) is 2.97. The first-order valence-corrected chi connectivity index (χ1v) is 8.44. The van der Waals surface area contributed by atoms with E-state index in [1.807, 2.05) is 29.2 Å². The van der Waals surface area contributed by atoms with Crippen molar-refractivity contribution in [3.8, 4) is 0 Å². The smallest absolute Gasteiger partial charge is 0.227 e. The molecule has 2 aliphatic rings. The van der Waals surface area contributed by atoms with Crippen molar-refractivity contribution < 1.29 is 14.4 Å². The van der Waals surface area contributed by atoms with Crippen LogP contribution in [0.1, 0.15) is 13.3 Å². The molecule has 2 heterocycles. The predicted molar refractivity (Wildman–Crippen MR) is 92.2 cm³/mol. The zero-order chi connectivity index (χ0) is 17.3. The van der Waals surface area contributed by atoms with Crippen LogP contribution in [-0.4, -0.2) is 54.7 Å². The van der Waals surface area contributed by atoms with Gasteiger partial charge in [0.15, 0.2) is 0 Å². The molecule has 0 saturated carbocycles. The van der Waals surface area contributed by atoms with Gasteiger partial charge in [0.05, 0.1) is 17.3 Å². The number of carbonyl (C=O) groups is 3. The summed E-state index contributed by atoms with van der Waals surface area (Å²) in [7, 11) is 0. The summed E-state index contributed by atoms with van der Waals surface area (Å²) < 4.78 is 0. The van der Waals surface area contributed by atoms with Crippen LogP contribution in [0, 0.1) is 5.92 Å². The van der Waals surface area contributed by atoms with Gasteiger partial charge in [-0.25, -0.2) is 0 Å². The van der Waals surface area contributed by atoms with Crippen molar-refractivity contribution in [2.75, 3.05) is 42.5 Å². The Morgan fingerprint density at radius 3 is 2.25 bits per heavy atom. The Morgan fingerprint density at radius 1 is 1.08 bits per heavy atom. The number of carbonyl (C=O) groups excluding carboxylic acids is 3. The molecule has 24 heavy (non-hydrogen) atoms. The average molecular weight is 350 g/mol. The number of amides is 2. The number of hydrogen-bond donors (Lipinski definition) is 0. The summed E-state index contributed by atoms with van der Waals surface area (Å²) in [6.07, 6.45) is 0.161. The molecule has 7 heteroatoms. The van der Waals surface area contributed by atoms with Gasteiger partial charge >= 0.3 is 0 Å². The topological polar surface area (TPSA) is 60.9 Å². The molecule has 2 fully saturated rings. The van der Waals surface area contributed by atoms with Gasteiger partial charge in [-0.1, -0.05) is 12.1 Å². The molecule has 0 unspecified atom stereocenters. The van der Waals surface area contributed by atoms with E-state index < -0.39 is 11.2 Å². The molecule has 3 rings (SSSR count). The third-order valence-corrected chi connectivity index (χ3v) is 4.99. The van der Waals surface area contributed by atoms with Gasteiger partial charge in [0.25, 0.3) is 0 Å². The molecule has 6 nitrogen and oxygen atoms in total. The van der Waals surface area contributed by atoms with Crippen LogP contribution in [0.5, 0.6) is 0 Å². The van der Waals surface area contributed by atoms with E-state index in [-0.39, 0.29) is 18.2 Å². The van der Waals surface area contributed by atoms with E-state index in [1.165, 1.54) is 0 Å². The van der Waals surface area contributed by atoms with Gasteiger partial charge in [-0.3, -0.25) is 14.4 Å². The first-order valence-electron chi connectivity index (χ1n) is 8.06. The Kier molecular flexibility index (Phi) is 4.76. The number of nitrogens with zero attached hydrogens (tertiary/aromatic N) is 3. The second-order valence-electron chi connectivity index (χ2n) is 6.19. The zero-order valence-electron chi connectivity index (χ0n) is 13.6. The van der Waals surface area contributed by atoms with Crippen molar-refractivity contribution in [2.24, 2.45) is 5.92 Å². The molecule has 0 spiro atoms. The number of benzene rings is 1.